The van der Waals surface area contributed by atoms with Crippen molar-refractivity contribution in [1.82, 2.24) is 4.90 Å². The Morgan fingerprint density at radius 2 is 2.07 bits per heavy atom. The molecule has 0 aromatic rings. The highest BCUT2D eigenvalue weighted by Crippen LogP contribution is 2.23. The lowest BCUT2D eigenvalue weighted by molar-refractivity contribution is 0.410. The Balaban J connectivity index is 2.68. The molecule has 1 heterocycles. The summed E-state index contributed by atoms with van der Waals surface area (Å²) in [6.07, 6.45) is 0.763. The molecule has 15 heavy (non-hydrogen) atoms. The summed E-state index contributed by atoms with van der Waals surface area (Å²) in [6.45, 7) is 5.77. The first-order valence-corrected chi connectivity index (χ1v) is 7.08. The zero-order chi connectivity index (χ0) is 11.7. The van der Waals surface area contributed by atoms with Crippen LogP contribution in [0.2, 0.25) is 0 Å². The summed E-state index contributed by atoms with van der Waals surface area (Å²) in [4.78, 5) is 2.07. The van der Waals surface area contributed by atoms with Crippen molar-refractivity contribution in [2.24, 2.45) is 11.1 Å². The van der Waals surface area contributed by atoms with Gasteiger partial charge in [0.25, 0.3) is 0 Å². The van der Waals surface area contributed by atoms with E-state index in [1.54, 1.807) is 0 Å². The molecule has 0 aromatic carbocycles. The van der Waals surface area contributed by atoms with Gasteiger partial charge in [-0.3, -0.25) is 0 Å². The van der Waals surface area contributed by atoms with Crippen molar-refractivity contribution in [1.29, 1.82) is 0 Å². The molecule has 4 nitrogen and oxygen atoms in total. The van der Waals surface area contributed by atoms with E-state index in [1.807, 2.05) is 20.9 Å². The maximum absolute atomic E-state index is 12.1. The molecule has 1 aliphatic heterocycles. The Bertz CT molecular complexity index is 311. The summed E-state index contributed by atoms with van der Waals surface area (Å²) in [5.74, 6) is 0.203. The van der Waals surface area contributed by atoms with Gasteiger partial charge in [-0.25, -0.2) is 8.42 Å². The quantitative estimate of drug-likeness (QED) is 0.749. The van der Waals surface area contributed by atoms with E-state index in [2.05, 4.69) is 4.90 Å². The van der Waals surface area contributed by atoms with E-state index in [0.717, 1.165) is 13.0 Å². The van der Waals surface area contributed by atoms with E-state index in [0.29, 0.717) is 13.1 Å². The molecule has 0 amide bonds. The number of sulfone groups is 1. The average Bonchev–Trinajstić information content (AvgIpc) is 2.51. The summed E-state index contributed by atoms with van der Waals surface area (Å²) < 4.78 is 24.1. The first-order chi connectivity index (χ1) is 6.77. The third-order valence-electron chi connectivity index (χ3n) is 3.00. The van der Waals surface area contributed by atoms with Crippen molar-refractivity contribution in [2.75, 3.05) is 32.4 Å². The van der Waals surface area contributed by atoms with Crippen LogP contribution < -0.4 is 5.73 Å². The van der Waals surface area contributed by atoms with Crippen LogP contribution in [0.1, 0.15) is 20.3 Å². The van der Waals surface area contributed by atoms with Crippen molar-refractivity contribution in [3.63, 3.8) is 0 Å². The van der Waals surface area contributed by atoms with Crippen molar-refractivity contribution in [2.45, 2.75) is 25.5 Å². The Morgan fingerprint density at radius 1 is 1.47 bits per heavy atom. The van der Waals surface area contributed by atoms with Gasteiger partial charge in [0.1, 0.15) is 0 Å². The van der Waals surface area contributed by atoms with E-state index in [4.69, 9.17) is 5.73 Å². The monoisotopic (exact) mass is 234 g/mol. The zero-order valence-electron chi connectivity index (χ0n) is 9.86. The fourth-order valence-corrected chi connectivity index (χ4v) is 4.30. The summed E-state index contributed by atoms with van der Waals surface area (Å²) in [5, 5.41) is -0.187. The van der Waals surface area contributed by atoms with Gasteiger partial charge < -0.3 is 10.6 Å². The molecule has 0 spiro atoms. The first-order valence-electron chi connectivity index (χ1n) is 5.37. The maximum Gasteiger partial charge on any atom is 0.155 e. The number of nitrogens with zero attached hydrogens (tertiary/aromatic N) is 1. The summed E-state index contributed by atoms with van der Waals surface area (Å²) in [7, 11) is -1.02. The molecule has 0 aliphatic carbocycles. The van der Waals surface area contributed by atoms with Crippen LogP contribution in [-0.4, -0.2) is 51.0 Å². The van der Waals surface area contributed by atoms with Crippen LogP contribution in [0.25, 0.3) is 0 Å². The Kier molecular flexibility index (Phi) is 3.79. The Morgan fingerprint density at radius 3 is 2.47 bits per heavy atom. The van der Waals surface area contributed by atoms with Gasteiger partial charge in [0.2, 0.25) is 0 Å². The molecule has 1 unspecified atom stereocenters. The Hall–Kier alpha value is -0.130. The van der Waals surface area contributed by atoms with Gasteiger partial charge in [-0.05, 0) is 32.0 Å². The number of rotatable bonds is 4. The molecule has 1 saturated heterocycles. The third-order valence-corrected chi connectivity index (χ3v) is 5.58. The van der Waals surface area contributed by atoms with Gasteiger partial charge in [-0.15, -0.1) is 0 Å². The summed E-state index contributed by atoms with van der Waals surface area (Å²) >= 11 is 0. The molecular formula is C10H22N2O2S. The third kappa shape index (κ3) is 3.43. The molecular weight excluding hydrogens is 212 g/mol. The molecule has 0 bridgehead atoms. The fraction of sp³-hybridized carbons (Fsp3) is 1.00. The second kappa shape index (κ2) is 4.39. The molecule has 0 saturated carbocycles. The smallest absolute Gasteiger partial charge is 0.155 e. The largest absolute Gasteiger partial charge is 0.330 e. The molecule has 0 aromatic heterocycles. The van der Waals surface area contributed by atoms with Crippen LogP contribution in [0, 0.1) is 5.41 Å². The first kappa shape index (κ1) is 12.9. The molecule has 1 fully saturated rings. The van der Waals surface area contributed by atoms with Crippen LogP contribution in [0.5, 0.6) is 0 Å². The molecule has 2 N–H and O–H groups in total. The zero-order valence-corrected chi connectivity index (χ0v) is 10.7. The average molecular weight is 234 g/mol. The van der Waals surface area contributed by atoms with Crippen molar-refractivity contribution < 1.29 is 8.42 Å². The van der Waals surface area contributed by atoms with Gasteiger partial charge in [-0.2, -0.15) is 0 Å². The standard InChI is InChI=1S/C10H22N2O2S/c1-10(2,7-11)8-15(13,14)9-4-5-12(3)6-9/h9H,4-8,11H2,1-3H3. The second-order valence-corrected chi connectivity index (χ2v) is 7.63. The van der Waals surface area contributed by atoms with E-state index < -0.39 is 9.84 Å². The van der Waals surface area contributed by atoms with Crippen LogP contribution >= 0.6 is 0 Å². The topological polar surface area (TPSA) is 63.4 Å². The predicted molar refractivity (Wildman–Crippen MR) is 62.5 cm³/mol. The van der Waals surface area contributed by atoms with Crippen LogP contribution in [0.3, 0.4) is 0 Å². The fourth-order valence-electron chi connectivity index (χ4n) is 1.91. The lowest BCUT2D eigenvalue weighted by Crippen LogP contribution is -2.37. The summed E-state index contributed by atoms with van der Waals surface area (Å²) in [6, 6.07) is 0. The lowest BCUT2D eigenvalue weighted by Gasteiger charge is -2.24. The van der Waals surface area contributed by atoms with Crippen molar-refractivity contribution in [3.8, 4) is 0 Å². The SMILES string of the molecule is CN1CCC(S(=O)(=O)CC(C)(C)CN)C1. The molecule has 1 rings (SSSR count). The highest BCUT2D eigenvalue weighted by Gasteiger charge is 2.35. The minimum absolute atomic E-state index is 0.187. The Labute approximate surface area is 92.7 Å². The number of nitrogens with two attached hydrogens (primary N) is 1. The van der Waals surface area contributed by atoms with Gasteiger partial charge in [0, 0.05) is 6.54 Å². The van der Waals surface area contributed by atoms with Crippen molar-refractivity contribution >= 4 is 9.84 Å². The highest BCUT2D eigenvalue weighted by atomic mass is 32.2. The van der Waals surface area contributed by atoms with Gasteiger partial charge in [0.15, 0.2) is 9.84 Å². The molecule has 90 valence electrons. The van der Waals surface area contributed by atoms with E-state index >= 15 is 0 Å². The van der Waals surface area contributed by atoms with Gasteiger partial charge >= 0.3 is 0 Å². The lowest BCUT2D eigenvalue weighted by atomic mass is 9.97. The minimum Gasteiger partial charge on any atom is -0.330 e. The predicted octanol–water partition coefficient (Wildman–Crippen LogP) is 0.0902. The molecule has 1 aliphatic rings. The normalized spacial score (nSPS) is 24.7. The van der Waals surface area contributed by atoms with Crippen LogP contribution in [0.4, 0.5) is 0 Å². The number of hydrogen-bond donors (Lipinski definition) is 1. The van der Waals surface area contributed by atoms with Gasteiger partial charge in [-0.1, -0.05) is 13.8 Å². The minimum atomic E-state index is -2.98. The maximum atomic E-state index is 12.1. The highest BCUT2D eigenvalue weighted by molar-refractivity contribution is 7.92. The van der Waals surface area contributed by atoms with Crippen LogP contribution in [-0.2, 0) is 9.84 Å². The van der Waals surface area contributed by atoms with Gasteiger partial charge in [0.05, 0.1) is 11.0 Å². The molecule has 0 radical (unpaired) electrons. The number of likely N-dealkylation sites (tertiary alicyclic amines) is 1. The van der Waals surface area contributed by atoms with Crippen molar-refractivity contribution in [3.05, 3.63) is 0 Å². The molecule has 5 heteroatoms. The molecule has 1 atom stereocenters. The second-order valence-electron chi connectivity index (χ2n) is 5.35. The van der Waals surface area contributed by atoms with E-state index in [1.165, 1.54) is 0 Å². The van der Waals surface area contributed by atoms with E-state index in [-0.39, 0.29) is 16.4 Å². The van der Waals surface area contributed by atoms with Crippen LogP contribution in [0.15, 0.2) is 0 Å². The summed E-state index contributed by atoms with van der Waals surface area (Å²) in [5.41, 5.74) is 5.26. The van der Waals surface area contributed by atoms with E-state index in [9.17, 15) is 8.42 Å². The number of hydrogen-bond acceptors (Lipinski definition) is 4.